The van der Waals surface area contributed by atoms with Gasteiger partial charge in [0.1, 0.15) is 18.5 Å². The summed E-state index contributed by atoms with van der Waals surface area (Å²) in [5.74, 6) is 0.350. The highest BCUT2D eigenvalue weighted by atomic mass is 35.5. The fraction of sp³-hybridized carbons (Fsp3) is 0.333. The van der Waals surface area contributed by atoms with Crippen LogP contribution >= 0.6 is 24.8 Å². The van der Waals surface area contributed by atoms with Crippen LogP contribution in [0.1, 0.15) is 26.3 Å². The third-order valence-corrected chi connectivity index (χ3v) is 7.20. The number of aliphatic hydroxyl groups excluding tert-OH is 1. The maximum Gasteiger partial charge on any atom is 0.261 e. The number of hydrogen-bond donors (Lipinski definition) is 1. The average Bonchev–Trinajstić information content (AvgIpc) is 2.92. The van der Waals surface area contributed by atoms with E-state index < -0.39 is 6.10 Å². The highest BCUT2D eigenvalue weighted by Gasteiger charge is 2.33. The monoisotopic (exact) mass is 571 g/mol. The lowest BCUT2D eigenvalue weighted by atomic mass is 9.94. The maximum absolute atomic E-state index is 13.1. The van der Waals surface area contributed by atoms with Crippen molar-refractivity contribution in [2.75, 3.05) is 52.4 Å². The molecule has 2 aliphatic heterocycles. The van der Waals surface area contributed by atoms with Crippen LogP contribution in [0.3, 0.4) is 0 Å². The molecule has 5 rings (SSSR count). The van der Waals surface area contributed by atoms with Crippen molar-refractivity contribution in [2.24, 2.45) is 0 Å². The summed E-state index contributed by atoms with van der Waals surface area (Å²) in [5.41, 5.74) is 2.26. The van der Waals surface area contributed by atoms with Crippen molar-refractivity contribution in [3.8, 4) is 5.75 Å². The van der Waals surface area contributed by atoms with Crippen LogP contribution in [0.15, 0.2) is 73.3 Å². The second kappa shape index (κ2) is 13.9. The van der Waals surface area contributed by atoms with E-state index in [0.717, 1.165) is 54.7 Å². The number of allylic oxidation sites excluding steroid dienone is 1. The Kier molecular flexibility index (Phi) is 10.9. The second-order valence-electron chi connectivity index (χ2n) is 9.68. The van der Waals surface area contributed by atoms with Gasteiger partial charge >= 0.3 is 0 Å². The summed E-state index contributed by atoms with van der Waals surface area (Å²) in [5, 5.41) is 12.2. The van der Waals surface area contributed by atoms with Crippen molar-refractivity contribution < 1.29 is 19.4 Å². The first kappa shape index (κ1) is 30.6. The number of β-amino-alcohol motifs (C(OH)–C–C–N with tert-alkyl or cyclic N) is 1. The van der Waals surface area contributed by atoms with Crippen molar-refractivity contribution in [3.05, 3.63) is 90.0 Å². The van der Waals surface area contributed by atoms with E-state index in [0.29, 0.717) is 30.8 Å². The van der Waals surface area contributed by atoms with E-state index >= 15 is 0 Å². The minimum atomic E-state index is -0.588. The minimum absolute atomic E-state index is 0. The molecule has 1 unspecified atom stereocenters. The lowest BCUT2D eigenvalue weighted by Crippen LogP contribution is -2.51. The predicted molar refractivity (Wildman–Crippen MR) is 159 cm³/mol. The van der Waals surface area contributed by atoms with Gasteiger partial charge in [0.05, 0.1) is 0 Å². The van der Waals surface area contributed by atoms with E-state index in [-0.39, 0.29) is 43.2 Å². The van der Waals surface area contributed by atoms with E-state index in [2.05, 4.69) is 16.4 Å². The SMILES string of the molecule is C=CCc1ccccc1OCC(O)CN1CCN(CCN2C(=O)c3cccc4cccc(c34)C2=O)CC1.Cl.Cl. The smallest absolute Gasteiger partial charge is 0.261 e. The number of para-hydroxylation sites is 1. The topological polar surface area (TPSA) is 73.3 Å². The van der Waals surface area contributed by atoms with E-state index in [1.54, 1.807) is 12.1 Å². The van der Waals surface area contributed by atoms with Crippen LogP contribution in [-0.4, -0.2) is 90.1 Å². The quantitative estimate of drug-likeness (QED) is 0.292. The predicted octanol–water partition coefficient (Wildman–Crippen LogP) is 4.07. The summed E-state index contributed by atoms with van der Waals surface area (Å²) in [6.45, 7) is 8.83. The zero-order valence-electron chi connectivity index (χ0n) is 21.8. The molecular weight excluding hydrogens is 537 g/mol. The molecule has 1 N–H and O–H groups in total. The third-order valence-electron chi connectivity index (χ3n) is 7.20. The van der Waals surface area contributed by atoms with Gasteiger partial charge in [-0.05, 0) is 35.6 Å². The fourth-order valence-electron chi connectivity index (χ4n) is 5.23. The first-order valence-electron chi connectivity index (χ1n) is 12.9. The molecule has 39 heavy (non-hydrogen) atoms. The van der Waals surface area contributed by atoms with Gasteiger partial charge in [-0.25, -0.2) is 0 Å². The van der Waals surface area contributed by atoms with Gasteiger partial charge < -0.3 is 9.84 Å². The van der Waals surface area contributed by atoms with E-state index in [9.17, 15) is 14.7 Å². The Balaban J connectivity index is 0.00000210. The van der Waals surface area contributed by atoms with Crippen LogP contribution in [-0.2, 0) is 6.42 Å². The molecule has 2 heterocycles. The van der Waals surface area contributed by atoms with E-state index in [1.165, 1.54) is 4.90 Å². The summed E-state index contributed by atoms with van der Waals surface area (Å²) in [4.78, 5) is 32.1. The first-order chi connectivity index (χ1) is 18.0. The molecule has 2 amide bonds. The molecule has 208 valence electrons. The van der Waals surface area contributed by atoms with E-state index in [1.807, 2.05) is 54.6 Å². The summed E-state index contributed by atoms with van der Waals surface area (Å²) in [6.07, 6.45) is 1.98. The molecule has 0 saturated carbocycles. The van der Waals surface area contributed by atoms with Gasteiger partial charge in [0.25, 0.3) is 11.8 Å². The number of rotatable bonds is 10. The summed E-state index contributed by atoms with van der Waals surface area (Å²) < 4.78 is 5.88. The molecule has 0 radical (unpaired) electrons. The largest absolute Gasteiger partial charge is 0.491 e. The molecule has 7 nitrogen and oxygen atoms in total. The Bertz CT molecular complexity index is 1260. The van der Waals surface area contributed by atoms with Crippen molar-refractivity contribution in [1.29, 1.82) is 0 Å². The molecule has 1 fully saturated rings. The number of halogens is 2. The zero-order chi connectivity index (χ0) is 25.8. The number of amides is 2. The van der Waals surface area contributed by atoms with Gasteiger partial charge in [0.2, 0.25) is 0 Å². The minimum Gasteiger partial charge on any atom is -0.491 e. The fourth-order valence-corrected chi connectivity index (χ4v) is 5.23. The third kappa shape index (κ3) is 6.80. The van der Waals surface area contributed by atoms with Crippen LogP contribution in [0.5, 0.6) is 5.75 Å². The average molecular weight is 573 g/mol. The number of aliphatic hydroxyl groups is 1. The lowest BCUT2D eigenvalue weighted by molar-refractivity contribution is 0.0415. The van der Waals surface area contributed by atoms with Crippen molar-refractivity contribution in [2.45, 2.75) is 12.5 Å². The van der Waals surface area contributed by atoms with Gasteiger partial charge in [0.15, 0.2) is 0 Å². The van der Waals surface area contributed by atoms with Crippen LogP contribution in [0.4, 0.5) is 0 Å². The molecule has 0 spiro atoms. The number of carbonyl (C=O) groups is 2. The molecule has 9 heteroatoms. The van der Waals surface area contributed by atoms with Crippen LogP contribution < -0.4 is 4.74 Å². The molecule has 3 aromatic rings. The first-order valence-corrected chi connectivity index (χ1v) is 12.9. The molecule has 3 aromatic carbocycles. The number of ether oxygens (including phenoxy) is 1. The summed E-state index contributed by atoms with van der Waals surface area (Å²) in [7, 11) is 0. The number of nitrogens with zero attached hydrogens (tertiary/aromatic N) is 3. The molecule has 1 atom stereocenters. The molecule has 1 saturated heterocycles. The van der Waals surface area contributed by atoms with Crippen LogP contribution in [0.25, 0.3) is 10.8 Å². The Morgan fingerprint density at radius 1 is 0.846 bits per heavy atom. The molecule has 0 aromatic heterocycles. The molecule has 0 aliphatic carbocycles. The van der Waals surface area contributed by atoms with Crippen LogP contribution in [0, 0.1) is 0 Å². The van der Waals surface area contributed by atoms with Gasteiger partial charge in [-0.2, -0.15) is 0 Å². The Labute approximate surface area is 241 Å². The lowest BCUT2D eigenvalue weighted by Gasteiger charge is -2.36. The van der Waals surface area contributed by atoms with Gasteiger partial charge in [-0.3, -0.25) is 24.3 Å². The molecule has 0 bridgehead atoms. The molecule has 2 aliphatic rings. The standard InChI is InChI=1S/C30H33N3O4.2ClH/c1-2-7-22-8-3-4-13-27(22)37-21-24(34)20-32-16-14-31(15-17-32)18-19-33-29(35)25-11-5-9-23-10-6-12-26(28(23)25)30(33)36;;/h2-6,8-13,24,34H,1,7,14-21H2;2*1H. The van der Waals surface area contributed by atoms with Gasteiger partial charge in [-0.15, -0.1) is 31.4 Å². The zero-order valence-corrected chi connectivity index (χ0v) is 23.5. The van der Waals surface area contributed by atoms with Crippen molar-refractivity contribution >= 4 is 47.4 Å². The number of piperazine rings is 1. The van der Waals surface area contributed by atoms with E-state index in [4.69, 9.17) is 4.74 Å². The normalized spacial score (nSPS) is 16.4. The van der Waals surface area contributed by atoms with Crippen LogP contribution in [0.2, 0.25) is 0 Å². The second-order valence-corrected chi connectivity index (χ2v) is 9.68. The highest BCUT2D eigenvalue weighted by molar-refractivity contribution is 6.25. The Morgan fingerprint density at radius 3 is 2.10 bits per heavy atom. The number of carbonyl (C=O) groups excluding carboxylic acids is 2. The van der Waals surface area contributed by atoms with Gasteiger partial charge in [0, 0.05) is 62.3 Å². The number of benzene rings is 3. The van der Waals surface area contributed by atoms with Crippen molar-refractivity contribution in [1.82, 2.24) is 14.7 Å². The number of hydrogen-bond acceptors (Lipinski definition) is 6. The summed E-state index contributed by atoms with van der Waals surface area (Å²) in [6, 6.07) is 19.0. The number of imide groups is 1. The highest BCUT2D eigenvalue weighted by Crippen LogP contribution is 2.29. The van der Waals surface area contributed by atoms with Crippen molar-refractivity contribution in [3.63, 3.8) is 0 Å². The molecular formula is C30H35Cl2N3O4. The Hall–Kier alpha value is -2.94. The summed E-state index contributed by atoms with van der Waals surface area (Å²) >= 11 is 0. The Morgan fingerprint density at radius 2 is 1.46 bits per heavy atom. The maximum atomic E-state index is 13.1. The van der Waals surface area contributed by atoms with Gasteiger partial charge in [-0.1, -0.05) is 48.5 Å².